The molecule has 0 spiro atoms. The number of amides is 1. The molecule has 146 valence electrons. The summed E-state index contributed by atoms with van der Waals surface area (Å²) < 4.78 is 11.1. The van der Waals surface area contributed by atoms with Crippen molar-refractivity contribution < 1.29 is 14.1 Å². The summed E-state index contributed by atoms with van der Waals surface area (Å²) in [5.74, 6) is 1.32. The van der Waals surface area contributed by atoms with Gasteiger partial charge in [-0.3, -0.25) is 4.79 Å². The average molecular weight is 400 g/mol. The van der Waals surface area contributed by atoms with Crippen molar-refractivity contribution in [1.29, 1.82) is 0 Å². The Balaban J connectivity index is 1.70. The summed E-state index contributed by atoms with van der Waals surface area (Å²) in [5, 5.41) is 4.64. The Bertz CT molecular complexity index is 910. The molecule has 1 heterocycles. The third kappa shape index (κ3) is 4.89. The van der Waals surface area contributed by atoms with Crippen LogP contribution in [0.2, 0.25) is 5.02 Å². The predicted octanol–water partition coefficient (Wildman–Crippen LogP) is 4.59. The zero-order valence-electron chi connectivity index (χ0n) is 16.0. The van der Waals surface area contributed by atoms with Crippen LogP contribution in [-0.2, 0) is 11.3 Å². The van der Waals surface area contributed by atoms with Crippen LogP contribution < -0.4 is 4.74 Å². The van der Waals surface area contributed by atoms with Crippen LogP contribution >= 0.6 is 11.6 Å². The Kier molecular flexibility index (Phi) is 6.31. The van der Waals surface area contributed by atoms with E-state index in [-0.39, 0.29) is 18.5 Å². The highest BCUT2D eigenvalue weighted by molar-refractivity contribution is 6.30. The average Bonchev–Trinajstić information content (AvgIpc) is 3.15. The van der Waals surface area contributed by atoms with Crippen molar-refractivity contribution in [2.24, 2.45) is 0 Å². The van der Waals surface area contributed by atoms with Crippen molar-refractivity contribution in [2.75, 3.05) is 0 Å². The van der Waals surface area contributed by atoms with Gasteiger partial charge < -0.3 is 14.2 Å². The van der Waals surface area contributed by atoms with E-state index in [1.165, 1.54) is 0 Å². The zero-order chi connectivity index (χ0) is 20.1. The Morgan fingerprint density at radius 1 is 1.11 bits per heavy atom. The molecule has 0 saturated carbocycles. The van der Waals surface area contributed by atoms with Crippen LogP contribution in [0.3, 0.4) is 0 Å². The van der Waals surface area contributed by atoms with Crippen LogP contribution in [0.5, 0.6) is 5.75 Å². The molecule has 0 fully saturated rings. The first-order valence-electron chi connectivity index (χ1n) is 9.04. The summed E-state index contributed by atoms with van der Waals surface area (Å²) >= 11 is 5.91. The number of benzene rings is 2. The number of hydrogen-bond acceptors (Lipinski definition) is 5. The maximum absolute atomic E-state index is 12.9. The van der Waals surface area contributed by atoms with E-state index in [1.54, 1.807) is 24.0 Å². The number of ether oxygens (including phenoxy) is 1. The molecule has 0 aliphatic heterocycles. The van der Waals surface area contributed by atoms with E-state index in [0.717, 1.165) is 5.56 Å². The van der Waals surface area contributed by atoms with Gasteiger partial charge >= 0.3 is 0 Å². The van der Waals surface area contributed by atoms with E-state index in [1.807, 2.05) is 56.3 Å². The van der Waals surface area contributed by atoms with Gasteiger partial charge in [-0.25, -0.2) is 0 Å². The lowest BCUT2D eigenvalue weighted by atomic mass is 10.2. The van der Waals surface area contributed by atoms with Crippen molar-refractivity contribution in [3.05, 3.63) is 65.5 Å². The van der Waals surface area contributed by atoms with E-state index in [9.17, 15) is 4.79 Å². The number of hydrogen-bond donors (Lipinski definition) is 0. The molecular weight excluding hydrogens is 378 g/mol. The van der Waals surface area contributed by atoms with Crippen LogP contribution in [0.1, 0.15) is 26.7 Å². The van der Waals surface area contributed by atoms with Gasteiger partial charge in [-0.1, -0.05) is 35.0 Å². The lowest BCUT2D eigenvalue weighted by Gasteiger charge is -2.28. The van der Waals surface area contributed by atoms with Gasteiger partial charge in [0, 0.05) is 16.6 Å². The normalized spacial score (nSPS) is 12.0. The zero-order valence-corrected chi connectivity index (χ0v) is 16.8. The van der Waals surface area contributed by atoms with E-state index in [0.29, 0.717) is 22.5 Å². The Labute approximate surface area is 169 Å². The molecule has 0 radical (unpaired) electrons. The Morgan fingerprint density at radius 2 is 1.79 bits per heavy atom. The summed E-state index contributed by atoms with van der Waals surface area (Å²) in [7, 11) is 0. The fraction of sp³-hybridized carbons (Fsp3) is 0.286. The first kappa shape index (κ1) is 19.9. The van der Waals surface area contributed by atoms with Gasteiger partial charge in [0.05, 0.1) is 0 Å². The van der Waals surface area contributed by atoms with Gasteiger partial charge in [0.25, 0.3) is 5.91 Å². The third-order valence-corrected chi connectivity index (χ3v) is 4.44. The molecule has 6 nitrogen and oxygen atoms in total. The second kappa shape index (κ2) is 8.89. The van der Waals surface area contributed by atoms with E-state index in [2.05, 4.69) is 10.1 Å². The molecule has 0 unspecified atom stereocenters. The highest BCUT2D eigenvalue weighted by Gasteiger charge is 2.26. The van der Waals surface area contributed by atoms with Crippen molar-refractivity contribution in [3.8, 4) is 17.1 Å². The van der Waals surface area contributed by atoms with E-state index >= 15 is 0 Å². The van der Waals surface area contributed by atoms with Crippen LogP contribution in [0.25, 0.3) is 11.4 Å². The molecule has 1 atom stereocenters. The first-order chi connectivity index (χ1) is 13.4. The minimum Gasteiger partial charge on any atom is -0.481 e. The molecule has 7 heteroatoms. The van der Waals surface area contributed by atoms with Crippen molar-refractivity contribution in [2.45, 2.75) is 39.5 Å². The van der Waals surface area contributed by atoms with Crippen LogP contribution in [0, 0.1) is 0 Å². The topological polar surface area (TPSA) is 68.5 Å². The molecule has 28 heavy (non-hydrogen) atoms. The molecule has 0 aliphatic rings. The molecule has 3 rings (SSSR count). The standard InChI is InChI=1S/C21H22ClN3O3/c1-14(2)25(21(26)15(3)27-18-7-5-4-6-8-18)13-19-23-20(24-28-19)16-9-11-17(22)12-10-16/h4-12,14-15H,13H2,1-3H3/t15-/m1/s1. The number of nitrogens with zero attached hydrogens (tertiary/aromatic N) is 3. The minimum absolute atomic E-state index is 0.0554. The SMILES string of the molecule is CC(C)N(Cc1nc(-c2ccc(Cl)cc2)no1)C(=O)[C@@H](C)Oc1ccccc1. The van der Waals surface area contributed by atoms with E-state index < -0.39 is 6.10 Å². The molecule has 0 N–H and O–H groups in total. The maximum Gasteiger partial charge on any atom is 0.264 e. The quantitative estimate of drug-likeness (QED) is 0.581. The monoisotopic (exact) mass is 399 g/mol. The second-order valence-corrected chi connectivity index (χ2v) is 7.09. The number of carbonyl (C=O) groups is 1. The lowest BCUT2D eigenvalue weighted by Crippen LogP contribution is -2.43. The summed E-state index contributed by atoms with van der Waals surface area (Å²) in [6.45, 7) is 5.81. The molecular formula is C21H22ClN3O3. The van der Waals surface area contributed by atoms with E-state index in [4.69, 9.17) is 20.9 Å². The highest BCUT2D eigenvalue weighted by Crippen LogP contribution is 2.20. The van der Waals surface area contributed by atoms with Crippen LogP contribution in [0.15, 0.2) is 59.1 Å². The molecule has 0 saturated heterocycles. The second-order valence-electron chi connectivity index (χ2n) is 6.65. The first-order valence-corrected chi connectivity index (χ1v) is 9.42. The lowest BCUT2D eigenvalue weighted by molar-refractivity contribution is -0.140. The number of rotatable bonds is 7. The minimum atomic E-state index is -0.636. The summed E-state index contributed by atoms with van der Waals surface area (Å²) in [6, 6.07) is 16.4. The third-order valence-electron chi connectivity index (χ3n) is 4.19. The van der Waals surface area contributed by atoms with Crippen LogP contribution in [0.4, 0.5) is 0 Å². The molecule has 1 amide bonds. The van der Waals surface area contributed by atoms with Gasteiger partial charge in [0.15, 0.2) is 6.10 Å². The number of carbonyl (C=O) groups excluding carboxylic acids is 1. The Morgan fingerprint density at radius 3 is 2.43 bits per heavy atom. The van der Waals surface area contributed by atoms with Gasteiger partial charge in [-0.05, 0) is 57.2 Å². The summed E-state index contributed by atoms with van der Waals surface area (Å²) in [6.07, 6.45) is -0.636. The summed E-state index contributed by atoms with van der Waals surface area (Å²) in [5.41, 5.74) is 0.794. The number of halogens is 1. The number of aromatic nitrogens is 2. The molecule has 1 aromatic heterocycles. The maximum atomic E-state index is 12.9. The van der Waals surface area contributed by atoms with Gasteiger partial charge in [0.2, 0.25) is 11.7 Å². The van der Waals surface area contributed by atoms with Gasteiger partial charge in [0.1, 0.15) is 12.3 Å². The highest BCUT2D eigenvalue weighted by atomic mass is 35.5. The Hall–Kier alpha value is -2.86. The fourth-order valence-electron chi connectivity index (χ4n) is 2.68. The smallest absolute Gasteiger partial charge is 0.264 e. The number of para-hydroxylation sites is 1. The fourth-order valence-corrected chi connectivity index (χ4v) is 2.81. The largest absolute Gasteiger partial charge is 0.481 e. The predicted molar refractivity (Wildman–Crippen MR) is 107 cm³/mol. The molecule has 0 aliphatic carbocycles. The molecule has 3 aromatic rings. The van der Waals surface area contributed by atoms with Gasteiger partial charge in [-0.15, -0.1) is 0 Å². The van der Waals surface area contributed by atoms with Crippen LogP contribution in [-0.4, -0.2) is 33.1 Å². The van der Waals surface area contributed by atoms with Crippen molar-refractivity contribution >= 4 is 17.5 Å². The molecule has 0 bridgehead atoms. The van der Waals surface area contributed by atoms with Crippen molar-refractivity contribution in [1.82, 2.24) is 15.0 Å². The van der Waals surface area contributed by atoms with Crippen molar-refractivity contribution in [3.63, 3.8) is 0 Å². The van der Waals surface area contributed by atoms with Gasteiger partial charge in [-0.2, -0.15) is 4.98 Å². The summed E-state index contributed by atoms with van der Waals surface area (Å²) in [4.78, 5) is 19.0. The molecule has 2 aromatic carbocycles.